The zero-order valence-electron chi connectivity index (χ0n) is 14.4. The molecule has 0 saturated carbocycles. The monoisotopic (exact) mass is 374 g/mol. The molecule has 2 unspecified atom stereocenters. The third-order valence-corrected chi connectivity index (χ3v) is 5.05. The number of carbonyl (C=O) groups is 1. The largest absolute Gasteiger partial charge is 0.501 e. The zero-order chi connectivity index (χ0) is 19.2. The van der Waals surface area contributed by atoms with Gasteiger partial charge in [0.1, 0.15) is 5.82 Å². The Morgan fingerprint density at radius 1 is 1.44 bits per heavy atom. The standard InChI is InChI=1S/C18H19FN4O4/c19-12-3-1-10(2-4-12)7-21-15(25)13-14(24)16(26)23-8-11-5-6-18(20,27-9-11)17(23)22-13/h1-4,11,24H,5-9,20H2,(H,21,25). The number of aromatic hydroxyl groups is 1. The number of halogens is 1. The molecular formula is C18H19FN4O4. The van der Waals surface area contributed by atoms with Crippen molar-refractivity contribution in [2.45, 2.75) is 31.7 Å². The van der Waals surface area contributed by atoms with Crippen LogP contribution in [-0.4, -0.2) is 27.2 Å². The Balaban J connectivity index is 1.65. The molecule has 0 radical (unpaired) electrons. The van der Waals surface area contributed by atoms with E-state index in [0.717, 1.165) is 6.42 Å². The Hall–Kier alpha value is -2.78. The maximum atomic E-state index is 13.0. The molecule has 2 bridgehead atoms. The molecule has 1 fully saturated rings. The Labute approximate surface area is 153 Å². The minimum atomic E-state index is -1.26. The Morgan fingerprint density at radius 3 is 2.85 bits per heavy atom. The normalized spacial score (nSPS) is 23.6. The third-order valence-electron chi connectivity index (χ3n) is 5.05. The van der Waals surface area contributed by atoms with Crippen LogP contribution in [0.25, 0.3) is 0 Å². The quantitative estimate of drug-likeness (QED) is 0.723. The molecule has 8 nitrogen and oxygen atoms in total. The van der Waals surface area contributed by atoms with Crippen molar-refractivity contribution < 1.29 is 19.0 Å². The van der Waals surface area contributed by atoms with E-state index >= 15 is 0 Å². The van der Waals surface area contributed by atoms with E-state index in [1.54, 1.807) is 0 Å². The van der Waals surface area contributed by atoms with Gasteiger partial charge in [0.05, 0.1) is 6.61 Å². The summed E-state index contributed by atoms with van der Waals surface area (Å²) >= 11 is 0. The smallest absolute Gasteiger partial charge is 0.296 e. The molecule has 1 aromatic carbocycles. The van der Waals surface area contributed by atoms with Gasteiger partial charge in [-0.15, -0.1) is 0 Å². The van der Waals surface area contributed by atoms with E-state index in [9.17, 15) is 19.1 Å². The molecule has 0 spiro atoms. The number of fused-ring (bicyclic) bond motifs is 2. The lowest BCUT2D eigenvalue weighted by Crippen LogP contribution is -2.46. The molecule has 4 heterocycles. The molecule has 1 aromatic heterocycles. The number of amides is 1. The molecule has 2 aromatic rings. The van der Waals surface area contributed by atoms with Gasteiger partial charge in [-0.25, -0.2) is 9.37 Å². The van der Waals surface area contributed by atoms with E-state index in [1.165, 1.54) is 28.8 Å². The molecule has 1 amide bonds. The lowest BCUT2D eigenvalue weighted by molar-refractivity contribution is -0.0981. The average Bonchev–Trinajstić information content (AvgIpc) is 2.89. The summed E-state index contributed by atoms with van der Waals surface area (Å²) in [5, 5.41) is 12.8. The first-order valence-electron chi connectivity index (χ1n) is 8.67. The number of nitrogens with zero attached hydrogens (tertiary/aromatic N) is 2. The van der Waals surface area contributed by atoms with Crippen LogP contribution in [0.2, 0.25) is 0 Å². The number of nitrogens with one attached hydrogen (secondary N) is 1. The van der Waals surface area contributed by atoms with Gasteiger partial charge in [0.15, 0.2) is 17.2 Å². The van der Waals surface area contributed by atoms with Gasteiger partial charge in [-0.1, -0.05) is 12.1 Å². The zero-order valence-corrected chi connectivity index (χ0v) is 14.4. The number of aromatic nitrogens is 2. The number of benzene rings is 1. The molecule has 9 heteroatoms. The molecule has 0 aliphatic carbocycles. The fourth-order valence-electron chi connectivity index (χ4n) is 3.48. The van der Waals surface area contributed by atoms with Crippen LogP contribution in [0.15, 0.2) is 29.1 Å². The summed E-state index contributed by atoms with van der Waals surface area (Å²) < 4.78 is 20.0. The highest BCUT2D eigenvalue weighted by Crippen LogP contribution is 2.36. The maximum absolute atomic E-state index is 13.0. The van der Waals surface area contributed by atoms with Crippen molar-refractivity contribution in [1.29, 1.82) is 0 Å². The van der Waals surface area contributed by atoms with Crippen molar-refractivity contribution in [2.75, 3.05) is 6.61 Å². The molecule has 1 saturated heterocycles. The predicted octanol–water partition coefficient (Wildman–Crippen LogP) is 0.570. The first-order valence-corrected chi connectivity index (χ1v) is 8.67. The van der Waals surface area contributed by atoms with Crippen LogP contribution in [0.1, 0.15) is 34.7 Å². The van der Waals surface area contributed by atoms with E-state index in [0.29, 0.717) is 25.1 Å². The summed E-state index contributed by atoms with van der Waals surface area (Å²) in [6.45, 7) is 0.822. The summed E-state index contributed by atoms with van der Waals surface area (Å²) in [4.78, 5) is 29.3. The van der Waals surface area contributed by atoms with Crippen molar-refractivity contribution >= 4 is 5.91 Å². The predicted molar refractivity (Wildman–Crippen MR) is 92.3 cm³/mol. The van der Waals surface area contributed by atoms with Crippen LogP contribution in [0.4, 0.5) is 4.39 Å². The summed E-state index contributed by atoms with van der Waals surface area (Å²) in [6.07, 6.45) is 1.25. The van der Waals surface area contributed by atoms with Crippen LogP contribution < -0.4 is 16.6 Å². The third kappa shape index (κ3) is 3.08. The second-order valence-corrected chi connectivity index (χ2v) is 6.96. The van der Waals surface area contributed by atoms with Gasteiger partial charge < -0.3 is 15.2 Å². The first-order chi connectivity index (χ1) is 12.9. The number of hydrogen-bond donors (Lipinski definition) is 3. The Morgan fingerprint density at radius 2 is 2.19 bits per heavy atom. The van der Waals surface area contributed by atoms with Crippen molar-refractivity contribution in [2.24, 2.45) is 11.7 Å². The lowest BCUT2D eigenvalue weighted by Gasteiger charge is -2.32. The number of hydrogen-bond acceptors (Lipinski definition) is 6. The van der Waals surface area contributed by atoms with Crippen LogP contribution in [-0.2, 0) is 23.6 Å². The van der Waals surface area contributed by atoms with Crippen LogP contribution in [0.3, 0.4) is 0 Å². The SMILES string of the molecule is NC12CCC(CO1)Cn1c2nc(C(=O)NCc2ccc(F)cc2)c(O)c1=O. The number of carbonyl (C=O) groups excluding carboxylic acids is 1. The highest BCUT2D eigenvalue weighted by Gasteiger charge is 2.43. The Kier molecular flexibility index (Phi) is 4.20. The molecule has 3 aliphatic rings. The highest BCUT2D eigenvalue weighted by atomic mass is 19.1. The summed E-state index contributed by atoms with van der Waals surface area (Å²) in [5.74, 6) is -1.57. The minimum Gasteiger partial charge on any atom is -0.501 e. The van der Waals surface area contributed by atoms with Crippen molar-refractivity contribution in [1.82, 2.24) is 14.9 Å². The molecule has 2 atom stereocenters. The van der Waals surface area contributed by atoms with Gasteiger partial charge in [-0.2, -0.15) is 0 Å². The van der Waals surface area contributed by atoms with Gasteiger partial charge in [0.2, 0.25) is 5.75 Å². The molecule has 5 rings (SSSR count). The van der Waals surface area contributed by atoms with E-state index in [-0.39, 0.29) is 24.1 Å². The van der Waals surface area contributed by atoms with Crippen molar-refractivity contribution in [3.05, 3.63) is 57.5 Å². The van der Waals surface area contributed by atoms with Gasteiger partial charge in [-0.3, -0.25) is 19.9 Å². The first kappa shape index (κ1) is 17.6. The summed E-state index contributed by atoms with van der Waals surface area (Å²) in [5.41, 5.74) is 4.58. The highest BCUT2D eigenvalue weighted by molar-refractivity contribution is 5.94. The number of rotatable bonds is 3. The molecule has 4 N–H and O–H groups in total. The average molecular weight is 374 g/mol. The van der Waals surface area contributed by atoms with E-state index in [2.05, 4.69) is 10.3 Å². The fourth-order valence-corrected chi connectivity index (χ4v) is 3.48. The van der Waals surface area contributed by atoms with Gasteiger partial charge in [0.25, 0.3) is 11.5 Å². The van der Waals surface area contributed by atoms with Crippen LogP contribution in [0, 0.1) is 11.7 Å². The van der Waals surface area contributed by atoms with E-state index in [4.69, 9.17) is 10.5 Å². The molecular weight excluding hydrogens is 355 g/mol. The number of nitrogens with two attached hydrogens (primary N) is 1. The maximum Gasteiger partial charge on any atom is 0.296 e. The lowest BCUT2D eigenvalue weighted by atomic mass is 9.97. The Bertz CT molecular complexity index is 949. The van der Waals surface area contributed by atoms with E-state index < -0.39 is 28.6 Å². The van der Waals surface area contributed by atoms with Crippen LogP contribution in [0.5, 0.6) is 5.75 Å². The molecule has 3 aliphatic heterocycles. The number of ether oxygens (including phenoxy) is 1. The van der Waals surface area contributed by atoms with Gasteiger partial charge in [-0.05, 0) is 30.5 Å². The summed E-state index contributed by atoms with van der Waals surface area (Å²) in [6, 6.07) is 5.60. The molecule has 142 valence electrons. The van der Waals surface area contributed by atoms with Crippen LogP contribution >= 0.6 is 0 Å². The second-order valence-electron chi connectivity index (χ2n) is 6.96. The van der Waals surface area contributed by atoms with Gasteiger partial charge in [0, 0.05) is 19.0 Å². The minimum absolute atomic E-state index is 0.0883. The second kappa shape index (κ2) is 6.43. The van der Waals surface area contributed by atoms with E-state index in [1.807, 2.05) is 0 Å². The molecule has 27 heavy (non-hydrogen) atoms. The topological polar surface area (TPSA) is 119 Å². The summed E-state index contributed by atoms with van der Waals surface area (Å²) in [7, 11) is 0. The fraction of sp³-hybridized carbons (Fsp3) is 0.389. The van der Waals surface area contributed by atoms with Crippen molar-refractivity contribution in [3.63, 3.8) is 0 Å². The van der Waals surface area contributed by atoms with Gasteiger partial charge >= 0.3 is 0 Å². The van der Waals surface area contributed by atoms with Crippen molar-refractivity contribution in [3.8, 4) is 5.75 Å².